The summed E-state index contributed by atoms with van der Waals surface area (Å²) < 4.78 is 0. The van der Waals surface area contributed by atoms with Gasteiger partial charge in [0.15, 0.2) is 5.13 Å². The fraction of sp³-hybridized carbons (Fsp3) is 0. The van der Waals surface area contributed by atoms with E-state index in [1.807, 2.05) is 48.5 Å². The number of nitrogens with zero attached hydrogens (tertiary/aromatic N) is 2. The molecule has 0 atom stereocenters. The molecule has 0 amide bonds. The van der Waals surface area contributed by atoms with Gasteiger partial charge in [-0.15, -0.1) is 0 Å². The van der Waals surface area contributed by atoms with Crippen LogP contribution in [-0.4, -0.2) is 10.8 Å². The zero-order valence-corrected chi connectivity index (χ0v) is 14.5. The van der Waals surface area contributed by atoms with Crippen LogP contribution in [0.15, 0.2) is 72.9 Å². The van der Waals surface area contributed by atoms with Crippen molar-refractivity contribution in [2.75, 3.05) is 5.32 Å². The van der Waals surface area contributed by atoms with Crippen molar-refractivity contribution in [1.29, 1.82) is 5.26 Å². The van der Waals surface area contributed by atoms with E-state index < -0.39 is 0 Å². The third-order valence-electron chi connectivity index (χ3n) is 3.98. The number of nitrogens with one attached hydrogen (secondary N) is 1. The van der Waals surface area contributed by atoms with Gasteiger partial charge in [0.2, 0.25) is 5.78 Å². The Hall–Kier alpha value is -3.49. The molecule has 1 N–H and O–H groups in total. The second-order valence-electron chi connectivity index (χ2n) is 5.74. The lowest BCUT2D eigenvalue weighted by Gasteiger charge is -2.02. The van der Waals surface area contributed by atoms with Crippen LogP contribution >= 0.6 is 11.3 Å². The van der Waals surface area contributed by atoms with E-state index in [4.69, 9.17) is 5.26 Å². The van der Waals surface area contributed by atoms with Crippen molar-refractivity contribution in [2.45, 2.75) is 0 Å². The number of nitriles is 1. The smallest absolute Gasteiger partial charge is 0.204 e. The molecule has 5 heteroatoms. The van der Waals surface area contributed by atoms with Crippen LogP contribution in [0.2, 0.25) is 0 Å². The van der Waals surface area contributed by atoms with E-state index in [1.165, 1.54) is 11.3 Å². The summed E-state index contributed by atoms with van der Waals surface area (Å²) in [5.74, 6) is -0.0490. The minimum absolute atomic E-state index is 0.0490. The highest BCUT2D eigenvalue weighted by Crippen LogP contribution is 2.26. The van der Waals surface area contributed by atoms with Crippen molar-refractivity contribution in [3.8, 4) is 6.07 Å². The molecule has 4 nitrogen and oxygen atoms in total. The van der Waals surface area contributed by atoms with E-state index in [2.05, 4.69) is 16.4 Å². The van der Waals surface area contributed by atoms with E-state index in [0.717, 1.165) is 16.5 Å². The van der Waals surface area contributed by atoms with Gasteiger partial charge in [-0.3, -0.25) is 4.79 Å². The third-order valence-corrected chi connectivity index (χ3v) is 4.90. The molecule has 0 aliphatic carbocycles. The average Bonchev–Trinajstić information content (AvgIpc) is 3.15. The number of benzene rings is 3. The first kappa shape index (κ1) is 16.0. The number of thiazole rings is 1. The maximum absolute atomic E-state index is 12.8. The third kappa shape index (κ3) is 3.18. The summed E-state index contributed by atoms with van der Waals surface area (Å²) in [5.41, 5.74) is 1.98. The highest BCUT2D eigenvalue weighted by molar-refractivity contribution is 7.17. The number of rotatable bonds is 4. The standard InChI is InChI=1S/C21H13N3OS/c22-12-14-4-3-7-18(10-14)24-21-23-13-19(26-21)20(25)17-9-8-15-5-1-2-6-16(15)11-17/h1-11,13H,(H,23,24). The van der Waals surface area contributed by atoms with Crippen LogP contribution in [0.25, 0.3) is 10.8 Å². The number of aromatic nitrogens is 1. The van der Waals surface area contributed by atoms with Crippen LogP contribution in [0.5, 0.6) is 0 Å². The van der Waals surface area contributed by atoms with Crippen molar-refractivity contribution in [3.05, 3.63) is 88.9 Å². The molecule has 0 saturated heterocycles. The summed E-state index contributed by atoms with van der Waals surface area (Å²) in [7, 11) is 0. The molecule has 4 rings (SSSR count). The van der Waals surface area contributed by atoms with Gasteiger partial charge < -0.3 is 5.32 Å². The molecule has 0 saturated carbocycles. The number of fused-ring (bicyclic) bond motifs is 1. The molecule has 0 aliphatic heterocycles. The molecule has 0 unspecified atom stereocenters. The topological polar surface area (TPSA) is 65.8 Å². The maximum atomic E-state index is 12.8. The molecule has 0 bridgehead atoms. The minimum atomic E-state index is -0.0490. The van der Waals surface area contributed by atoms with Gasteiger partial charge in [-0.25, -0.2) is 4.98 Å². The van der Waals surface area contributed by atoms with E-state index in [0.29, 0.717) is 21.1 Å². The summed E-state index contributed by atoms with van der Waals surface area (Å²) in [6.45, 7) is 0. The van der Waals surface area contributed by atoms with Crippen LogP contribution in [0.4, 0.5) is 10.8 Å². The molecule has 1 heterocycles. The number of ketones is 1. The molecule has 4 aromatic rings. The van der Waals surface area contributed by atoms with Gasteiger partial charge in [0.25, 0.3) is 0 Å². The summed E-state index contributed by atoms with van der Waals surface area (Å²) in [5, 5.41) is 14.9. The SMILES string of the molecule is N#Cc1cccc(Nc2ncc(C(=O)c3ccc4ccccc4c3)s2)c1. The second-order valence-corrected chi connectivity index (χ2v) is 6.77. The highest BCUT2D eigenvalue weighted by atomic mass is 32.1. The molecule has 0 aliphatic rings. The Labute approximate surface area is 154 Å². The Kier molecular flexibility index (Phi) is 4.18. The number of anilines is 2. The summed E-state index contributed by atoms with van der Waals surface area (Å²) >= 11 is 1.29. The molecular weight excluding hydrogens is 342 g/mol. The summed E-state index contributed by atoms with van der Waals surface area (Å²) in [4.78, 5) is 17.6. The zero-order valence-electron chi connectivity index (χ0n) is 13.6. The van der Waals surface area contributed by atoms with Gasteiger partial charge >= 0.3 is 0 Å². The number of hydrogen-bond donors (Lipinski definition) is 1. The van der Waals surface area contributed by atoms with Gasteiger partial charge in [0.05, 0.1) is 22.7 Å². The predicted octanol–water partition coefficient (Wildman–Crippen LogP) is 5.14. The molecule has 0 fully saturated rings. The molecule has 1 aromatic heterocycles. The lowest BCUT2D eigenvalue weighted by Crippen LogP contribution is -1.98. The van der Waals surface area contributed by atoms with Crippen molar-refractivity contribution in [3.63, 3.8) is 0 Å². The normalized spacial score (nSPS) is 10.4. The Morgan fingerprint density at radius 2 is 1.85 bits per heavy atom. The molecule has 0 radical (unpaired) electrons. The number of carbonyl (C=O) groups is 1. The molecular formula is C21H13N3OS. The highest BCUT2D eigenvalue weighted by Gasteiger charge is 2.14. The number of carbonyl (C=O) groups excluding carboxylic acids is 1. The van der Waals surface area contributed by atoms with Crippen molar-refractivity contribution >= 4 is 38.7 Å². The zero-order chi connectivity index (χ0) is 17.9. The van der Waals surface area contributed by atoms with E-state index in [1.54, 1.807) is 24.4 Å². The largest absolute Gasteiger partial charge is 0.331 e. The van der Waals surface area contributed by atoms with Crippen LogP contribution in [-0.2, 0) is 0 Å². The van der Waals surface area contributed by atoms with Crippen LogP contribution in [0.1, 0.15) is 20.8 Å². The van der Waals surface area contributed by atoms with Gasteiger partial charge in [-0.05, 0) is 35.0 Å². The van der Waals surface area contributed by atoms with E-state index in [-0.39, 0.29) is 5.78 Å². The van der Waals surface area contributed by atoms with Crippen molar-refractivity contribution in [2.24, 2.45) is 0 Å². The molecule has 26 heavy (non-hydrogen) atoms. The Morgan fingerprint density at radius 3 is 2.69 bits per heavy atom. The van der Waals surface area contributed by atoms with Crippen LogP contribution in [0, 0.1) is 11.3 Å². The number of hydrogen-bond acceptors (Lipinski definition) is 5. The van der Waals surface area contributed by atoms with Crippen molar-refractivity contribution < 1.29 is 4.79 Å². The maximum Gasteiger partial charge on any atom is 0.204 e. The average molecular weight is 355 g/mol. The first-order chi connectivity index (χ1) is 12.7. The quantitative estimate of drug-likeness (QED) is 0.515. The van der Waals surface area contributed by atoms with Crippen LogP contribution < -0.4 is 5.32 Å². The Morgan fingerprint density at radius 1 is 1.00 bits per heavy atom. The molecule has 3 aromatic carbocycles. The second kappa shape index (κ2) is 6.79. The first-order valence-electron chi connectivity index (χ1n) is 7.99. The predicted molar refractivity (Wildman–Crippen MR) is 104 cm³/mol. The van der Waals surface area contributed by atoms with E-state index in [9.17, 15) is 4.79 Å². The minimum Gasteiger partial charge on any atom is -0.331 e. The van der Waals surface area contributed by atoms with Crippen molar-refractivity contribution in [1.82, 2.24) is 4.98 Å². The fourth-order valence-corrected chi connectivity index (χ4v) is 3.50. The lowest BCUT2D eigenvalue weighted by atomic mass is 10.0. The van der Waals surface area contributed by atoms with Gasteiger partial charge in [-0.1, -0.05) is 53.8 Å². The van der Waals surface area contributed by atoms with Gasteiger partial charge in [0, 0.05) is 11.3 Å². The Bertz CT molecular complexity index is 1160. The van der Waals surface area contributed by atoms with Crippen LogP contribution in [0.3, 0.4) is 0 Å². The lowest BCUT2D eigenvalue weighted by molar-refractivity contribution is 0.104. The molecule has 124 valence electrons. The van der Waals surface area contributed by atoms with Gasteiger partial charge in [-0.2, -0.15) is 5.26 Å². The summed E-state index contributed by atoms with van der Waals surface area (Å²) in [6.07, 6.45) is 1.58. The summed E-state index contributed by atoms with van der Waals surface area (Å²) in [6, 6.07) is 22.9. The van der Waals surface area contributed by atoms with E-state index >= 15 is 0 Å². The van der Waals surface area contributed by atoms with Gasteiger partial charge in [0.1, 0.15) is 0 Å². The Balaban J connectivity index is 1.58. The fourth-order valence-electron chi connectivity index (χ4n) is 2.70. The monoisotopic (exact) mass is 355 g/mol. The molecule has 0 spiro atoms. The first-order valence-corrected chi connectivity index (χ1v) is 8.81.